The molecule has 0 spiro atoms. The Kier molecular flexibility index (Phi) is 5.45. The smallest absolute Gasteiger partial charge is 0.125 e. The summed E-state index contributed by atoms with van der Waals surface area (Å²) in [6.45, 7) is 7.20. The van der Waals surface area contributed by atoms with Crippen molar-refractivity contribution in [3.05, 3.63) is 28.8 Å². The molecular weight excluding hydrogens is 216 g/mol. The Morgan fingerprint density at radius 3 is 2.59 bits per heavy atom. The number of rotatable bonds is 6. The first-order valence-electron chi connectivity index (χ1n) is 6.01. The standard InChI is InChI=1S/C14H22O3/c1-5-17-7-6-12(15)14-11(3)8-10(2)9-13(14)16-4/h8-9,12,15H,5-7H2,1-4H3. The molecule has 1 atom stereocenters. The minimum atomic E-state index is -0.530. The predicted octanol–water partition coefficient (Wildman–Crippen LogP) is 2.77. The molecule has 1 aromatic carbocycles. The van der Waals surface area contributed by atoms with Crippen LogP contribution in [-0.2, 0) is 4.74 Å². The summed E-state index contributed by atoms with van der Waals surface area (Å²) in [5.41, 5.74) is 3.07. The number of aliphatic hydroxyl groups excluding tert-OH is 1. The van der Waals surface area contributed by atoms with Gasteiger partial charge in [-0.2, -0.15) is 0 Å². The van der Waals surface area contributed by atoms with E-state index in [1.807, 2.05) is 26.8 Å². The van der Waals surface area contributed by atoms with E-state index in [4.69, 9.17) is 9.47 Å². The van der Waals surface area contributed by atoms with Crippen LogP contribution in [0.3, 0.4) is 0 Å². The van der Waals surface area contributed by atoms with Gasteiger partial charge in [0.2, 0.25) is 0 Å². The SMILES string of the molecule is CCOCCC(O)c1c(C)cc(C)cc1OC. The van der Waals surface area contributed by atoms with Gasteiger partial charge in [0.05, 0.1) is 13.2 Å². The number of benzene rings is 1. The first-order chi connectivity index (χ1) is 8.10. The fourth-order valence-corrected chi connectivity index (χ4v) is 2.02. The molecular formula is C14H22O3. The van der Waals surface area contributed by atoms with Crippen molar-refractivity contribution in [2.45, 2.75) is 33.3 Å². The van der Waals surface area contributed by atoms with Crippen LogP contribution < -0.4 is 4.74 Å². The molecule has 0 fully saturated rings. The van der Waals surface area contributed by atoms with E-state index < -0.39 is 6.10 Å². The predicted molar refractivity (Wildman–Crippen MR) is 68.5 cm³/mol. The fraction of sp³-hybridized carbons (Fsp3) is 0.571. The minimum Gasteiger partial charge on any atom is -0.496 e. The van der Waals surface area contributed by atoms with Crippen molar-refractivity contribution >= 4 is 0 Å². The summed E-state index contributed by atoms with van der Waals surface area (Å²) in [5, 5.41) is 10.2. The Bertz CT molecular complexity index is 361. The zero-order valence-electron chi connectivity index (χ0n) is 11.1. The average Bonchev–Trinajstić information content (AvgIpc) is 2.27. The number of methoxy groups -OCH3 is 1. The molecule has 0 aliphatic heterocycles. The Morgan fingerprint density at radius 1 is 1.29 bits per heavy atom. The lowest BCUT2D eigenvalue weighted by Gasteiger charge is -2.18. The highest BCUT2D eigenvalue weighted by Crippen LogP contribution is 2.31. The summed E-state index contributed by atoms with van der Waals surface area (Å²) in [6.07, 6.45) is 0.0609. The summed E-state index contributed by atoms with van der Waals surface area (Å²) < 4.78 is 10.6. The zero-order chi connectivity index (χ0) is 12.8. The van der Waals surface area contributed by atoms with Gasteiger partial charge < -0.3 is 14.6 Å². The molecule has 17 heavy (non-hydrogen) atoms. The van der Waals surface area contributed by atoms with Crippen molar-refractivity contribution in [3.63, 3.8) is 0 Å². The van der Waals surface area contributed by atoms with Gasteiger partial charge in [0.15, 0.2) is 0 Å². The molecule has 0 saturated carbocycles. The van der Waals surface area contributed by atoms with Crippen molar-refractivity contribution in [2.24, 2.45) is 0 Å². The number of ether oxygens (including phenoxy) is 2. The van der Waals surface area contributed by atoms with Gasteiger partial charge in [-0.3, -0.25) is 0 Å². The van der Waals surface area contributed by atoms with Crippen molar-refractivity contribution in [1.29, 1.82) is 0 Å². The average molecular weight is 238 g/mol. The molecule has 0 bridgehead atoms. The summed E-state index contributed by atoms with van der Waals surface area (Å²) >= 11 is 0. The maximum absolute atomic E-state index is 10.2. The molecule has 0 aliphatic rings. The number of hydrogen-bond acceptors (Lipinski definition) is 3. The Morgan fingerprint density at radius 2 is 2.00 bits per heavy atom. The molecule has 0 amide bonds. The van der Waals surface area contributed by atoms with Crippen LogP contribution in [0.25, 0.3) is 0 Å². The highest BCUT2D eigenvalue weighted by atomic mass is 16.5. The van der Waals surface area contributed by atoms with Crippen molar-refractivity contribution < 1.29 is 14.6 Å². The largest absolute Gasteiger partial charge is 0.496 e. The van der Waals surface area contributed by atoms with Crippen LogP contribution in [0.4, 0.5) is 0 Å². The van der Waals surface area contributed by atoms with Crippen LogP contribution in [0.5, 0.6) is 5.75 Å². The molecule has 1 aromatic rings. The molecule has 1 rings (SSSR count). The lowest BCUT2D eigenvalue weighted by Crippen LogP contribution is -2.07. The van der Waals surface area contributed by atoms with E-state index in [1.165, 1.54) is 0 Å². The lowest BCUT2D eigenvalue weighted by atomic mass is 9.98. The van der Waals surface area contributed by atoms with Gasteiger partial charge in [-0.05, 0) is 38.0 Å². The highest BCUT2D eigenvalue weighted by molar-refractivity contribution is 5.44. The van der Waals surface area contributed by atoms with E-state index >= 15 is 0 Å². The number of aliphatic hydroxyl groups is 1. The van der Waals surface area contributed by atoms with Crippen LogP contribution >= 0.6 is 0 Å². The van der Waals surface area contributed by atoms with E-state index in [1.54, 1.807) is 7.11 Å². The molecule has 1 unspecified atom stereocenters. The van der Waals surface area contributed by atoms with Gasteiger partial charge in [0.1, 0.15) is 5.75 Å². The van der Waals surface area contributed by atoms with Crippen LogP contribution in [0, 0.1) is 13.8 Å². The van der Waals surface area contributed by atoms with E-state index in [0.29, 0.717) is 19.6 Å². The lowest BCUT2D eigenvalue weighted by molar-refractivity contribution is 0.0870. The third-order valence-corrected chi connectivity index (χ3v) is 2.79. The van der Waals surface area contributed by atoms with Crippen molar-refractivity contribution in [2.75, 3.05) is 20.3 Å². The van der Waals surface area contributed by atoms with Crippen LogP contribution in [0.1, 0.15) is 36.1 Å². The van der Waals surface area contributed by atoms with Gasteiger partial charge in [-0.15, -0.1) is 0 Å². The molecule has 3 nitrogen and oxygen atoms in total. The summed E-state index contributed by atoms with van der Waals surface area (Å²) in [4.78, 5) is 0. The topological polar surface area (TPSA) is 38.7 Å². The third kappa shape index (κ3) is 3.72. The zero-order valence-corrected chi connectivity index (χ0v) is 11.1. The molecule has 1 N–H and O–H groups in total. The molecule has 96 valence electrons. The van der Waals surface area contributed by atoms with Crippen molar-refractivity contribution in [3.8, 4) is 5.75 Å². The minimum absolute atomic E-state index is 0.530. The van der Waals surface area contributed by atoms with Crippen LogP contribution in [0.2, 0.25) is 0 Å². The Labute approximate surface area is 103 Å². The summed E-state index contributed by atoms with van der Waals surface area (Å²) in [7, 11) is 1.63. The van der Waals surface area contributed by atoms with Crippen molar-refractivity contribution in [1.82, 2.24) is 0 Å². The molecule has 0 aromatic heterocycles. The quantitative estimate of drug-likeness (QED) is 0.774. The second-order valence-corrected chi connectivity index (χ2v) is 4.20. The molecule has 3 heteroatoms. The fourth-order valence-electron chi connectivity index (χ4n) is 2.02. The summed E-state index contributed by atoms with van der Waals surface area (Å²) in [6, 6.07) is 4.01. The van der Waals surface area contributed by atoms with Crippen LogP contribution in [0.15, 0.2) is 12.1 Å². The number of hydrogen-bond donors (Lipinski definition) is 1. The Hall–Kier alpha value is -1.06. The molecule has 0 aliphatic carbocycles. The number of aryl methyl sites for hydroxylation is 2. The highest BCUT2D eigenvalue weighted by Gasteiger charge is 2.16. The summed E-state index contributed by atoms with van der Waals surface area (Å²) in [5.74, 6) is 0.756. The van der Waals surface area contributed by atoms with E-state index in [2.05, 4.69) is 6.07 Å². The van der Waals surface area contributed by atoms with E-state index in [-0.39, 0.29) is 0 Å². The van der Waals surface area contributed by atoms with Gasteiger partial charge in [-0.1, -0.05) is 6.07 Å². The first-order valence-corrected chi connectivity index (χ1v) is 6.01. The molecule has 0 heterocycles. The van der Waals surface area contributed by atoms with E-state index in [0.717, 1.165) is 22.4 Å². The normalized spacial score (nSPS) is 12.5. The van der Waals surface area contributed by atoms with Gasteiger partial charge in [0, 0.05) is 25.2 Å². The second-order valence-electron chi connectivity index (χ2n) is 4.20. The maximum atomic E-state index is 10.2. The van der Waals surface area contributed by atoms with Gasteiger partial charge >= 0.3 is 0 Å². The maximum Gasteiger partial charge on any atom is 0.125 e. The first kappa shape index (κ1) is 14.0. The van der Waals surface area contributed by atoms with Gasteiger partial charge in [0.25, 0.3) is 0 Å². The monoisotopic (exact) mass is 238 g/mol. The van der Waals surface area contributed by atoms with Gasteiger partial charge in [-0.25, -0.2) is 0 Å². The second kappa shape index (κ2) is 6.62. The van der Waals surface area contributed by atoms with Crippen LogP contribution in [-0.4, -0.2) is 25.4 Å². The Balaban J connectivity index is 2.87. The molecule has 0 radical (unpaired) electrons. The van der Waals surface area contributed by atoms with E-state index in [9.17, 15) is 5.11 Å². The molecule has 0 saturated heterocycles. The third-order valence-electron chi connectivity index (χ3n) is 2.79.